The molecule has 0 bridgehead atoms. The third kappa shape index (κ3) is 51.8. The molecule has 3 nitrogen and oxygen atoms in total. The number of likely N-dealkylation sites (N-methyl/N-ethyl adjacent to an activating group) is 1. The molecule has 0 fully saturated rings. The van der Waals surface area contributed by atoms with Gasteiger partial charge in [0.25, 0.3) is 0 Å². The summed E-state index contributed by atoms with van der Waals surface area (Å²) in [7, 11) is 3.74. The quantitative estimate of drug-likeness (QED) is 0.609. The van der Waals surface area contributed by atoms with Crippen LogP contribution in [0, 0.1) is 0 Å². The molecular weight excluding hydrogens is 152 g/mol. The lowest BCUT2D eigenvalue weighted by molar-refractivity contribution is 0.194. The monoisotopic (exact) mass is 180 g/mol. The molecule has 0 aliphatic carbocycles. The van der Waals surface area contributed by atoms with E-state index >= 15 is 0 Å². The van der Waals surface area contributed by atoms with Crippen molar-refractivity contribution in [2.45, 2.75) is 34.8 Å². The highest BCUT2D eigenvalue weighted by molar-refractivity contribution is 4.44. The van der Waals surface area contributed by atoms with Gasteiger partial charge in [-0.25, -0.2) is 0 Å². The van der Waals surface area contributed by atoms with Gasteiger partial charge in [0.05, 0.1) is 6.10 Å². The molecule has 1 unspecified atom stereocenters. The maximum absolute atomic E-state index is 8.49. The van der Waals surface area contributed by atoms with E-state index in [1.54, 1.807) is 6.92 Å². The van der Waals surface area contributed by atoms with Crippen LogP contribution in [0.1, 0.15) is 28.7 Å². The second kappa shape index (κ2) is 22.4. The van der Waals surface area contributed by atoms with Crippen molar-refractivity contribution in [2.24, 2.45) is 0 Å². The maximum atomic E-state index is 8.49. The molecule has 0 aromatic carbocycles. The Morgan fingerprint density at radius 1 is 1.17 bits per heavy atom. The Hall–Kier alpha value is -0.120. The standard InChI is InChI=1S/C4H11NO.C3H9N.2CH4/c1-4(6)3-5-2;1-3-4-2;;/h4-6H,3H2,1-2H3;4H,3H2,1-2H3;2*1H4. The lowest BCUT2D eigenvalue weighted by atomic mass is 10.4. The SMILES string of the molecule is C.C.CCNC.CNCC(C)O. The van der Waals surface area contributed by atoms with Gasteiger partial charge in [0.15, 0.2) is 0 Å². The second-order valence-corrected chi connectivity index (χ2v) is 2.11. The van der Waals surface area contributed by atoms with E-state index in [1.165, 1.54) is 0 Å². The van der Waals surface area contributed by atoms with Crippen molar-refractivity contribution < 1.29 is 5.11 Å². The Kier molecular flexibility index (Phi) is 42.3. The molecule has 0 aromatic rings. The third-order valence-corrected chi connectivity index (χ3v) is 0.853. The Labute approximate surface area is 78.6 Å². The largest absolute Gasteiger partial charge is 0.392 e. The summed E-state index contributed by atoms with van der Waals surface area (Å²) in [6.45, 7) is 5.57. The summed E-state index contributed by atoms with van der Waals surface area (Å²) in [4.78, 5) is 0. The van der Waals surface area contributed by atoms with Gasteiger partial charge < -0.3 is 15.7 Å². The molecule has 0 radical (unpaired) electrons. The molecule has 1 atom stereocenters. The van der Waals surface area contributed by atoms with E-state index in [-0.39, 0.29) is 21.0 Å². The first-order valence-electron chi connectivity index (χ1n) is 3.66. The van der Waals surface area contributed by atoms with Crippen LogP contribution in [0.2, 0.25) is 0 Å². The van der Waals surface area contributed by atoms with Crippen LogP contribution in [-0.4, -0.2) is 38.4 Å². The molecule has 0 aromatic heterocycles. The molecule has 0 saturated carbocycles. The molecule has 0 heterocycles. The number of hydrogen-bond donors (Lipinski definition) is 3. The van der Waals surface area contributed by atoms with Crippen LogP contribution in [0.15, 0.2) is 0 Å². The number of aliphatic hydroxyl groups is 1. The second-order valence-electron chi connectivity index (χ2n) is 2.11. The number of hydrogen-bond acceptors (Lipinski definition) is 3. The summed E-state index contributed by atoms with van der Waals surface area (Å²) >= 11 is 0. The molecule has 0 aliphatic heterocycles. The predicted molar refractivity (Wildman–Crippen MR) is 58.7 cm³/mol. The molecule has 3 N–H and O–H groups in total. The average Bonchev–Trinajstić information content (AvgIpc) is 1.89. The van der Waals surface area contributed by atoms with Gasteiger partial charge in [-0.2, -0.15) is 0 Å². The summed E-state index contributed by atoms with van der Waals surface area (Å²) in [5.74, 6) is 0. The minimum absolute atomic E-state index is 0. The van der Waals surface area contributed by atoms with E-state index < -0.39 is 0 Å². The van der Waals surface area contributed by atoms with Gasteiger partial charge in [0.2, 0.25) is 0 Å². The van der Waals surface area contributed by atoms with Gasteiger partial charge in [-0.3, -0.25) is 0 Å². The molecule has 12 heavy (non-hydrogen) atoms. The number of aliphatic hydroxyl groups excluding tert-OH is 1. The Morgan fingerprint density at radius 3 is 1.50 bits per heavy atom. The number of nitrogens with one attached hydrogen (secondary N) is 2. The third-order valence-electron chi connectivity index (χ3n) is 0.853. The first-order chi connectivity index (χ1) is 4.68. The summed E-state index contributed by atoms with van der Waals surface area (Å²) in [6.07, 6.45) is -0.213. The fraction of sp³-hybridized carbons (Fsp3) is 1.00. The van der Waals surface area contributed by atoms with Crippen molar-refractivity contribution in [1.82, 2.24) is 10.6 Å². The number of rotatable bonds is 3. The maximum Gasteiger partial charge on any atom is 0.0636 e. The van der Waals surface area contributed by atoms with E-state index in [0.717, 1.165) is 6.54 Å². The predicted octanol–water partition coefficient (Wildman–Crippen LogP) is 1.08. The molecular formula is C9H28N2O. The molecule has 0 saturated heterocycles. The lowest BCUT2D eigenvalue weighted by Gasteiger charge is -1.97. The van der Waals surface area contributed by atoms with E-state index in [4.69, 9.17) is 5.11 Å². The Morgan fingerprint density at radius 2 is 1.50 bits per heavy atom. The average molecular weight is 180 g/mol. The summed E-state index contributed by atoms with van der Waals surface area (Å²) in [5, 5.41) is 14.2. The zero-order valence-corrected chi connectivity index (χ0v) is 7.44. The van der Waals surface area contributed by atoms with E-state index in [2.05, 4.69) is 17.6 Å². The highest BCUT2D eigenvalue weighted by Gasteiger charge is 1.86. The molecule has 80 valence electrons. The van der Waals surface area contributed by atoms with Gasteiger partial charge in [-0.1, -0.05) is 21.8 Å². The fourth-order valence-electron chi connectivity index (χ4n) is 0.295. The van der Waals surface area contributed by atoms with E-state index in [9.17, 15) is 0 Å². The zero-order chi connectivity index (χ0) is 8.41. The van der Waals surface area contributed by atoms with E-state index in [0.29, 0.717) is 6.54 Å². The lowest BCUT2D eigenvalue weighted by Crippen LogP contribution is -2.19. The van der Waals surface area contributed by atoms with Crippen molar-refractivity contribution in [2.75, 3.05) is 27.2 Å². The molecule has 0 amide bonds. The first kappa shape index (κ1) is 22.6. The van der Waals surface area contributed by atoms with Gasteiger partial charge in [-0.05, 0) is 27.6 Å². The van der Waals surface area contributed by atoms with Crippen LogP contribution >= 0.6 is 0 Å². The zero-order valence-electron chi connectivity index (χ0n) is 7.44. The van der Waals surface area contributed by atoms with Gasteiger partial charge in [-0.15, -0.1) is 0 Å². The fourth-order valence-corrected chi connectivity index (χ4v) is 0.295. The first-order valence-corrected chi connectivity index (χ1v) is 3.66. The van der Waals surface area contributed by atoms with Crippen LogP contribution in [-0.2, 0) is 0 Å². The summed E-state index contributed by atoms with van der Waals surface area (Å²) < 4.78 is 0. The van der Waals surface area contributed by atoms with Crippen molar-refractivity contribution in [3.63, 3.8) is 0 Å². The topological polar surface area (TPSA) is 44.3 Å². The van der Waals surface area contributed by atoms with Crippen LogP contribution in [0.4, 0.5) is 0 Å². The van der Waals surface area contributed by atoms with Crippen LogP contribution in [0.25, 0.3) is 0 Å². The van der Waals surface area contributed by atoms with Crippen LogP contribution in [0.5, 0.6) is 0 Å². The van der Waals surface area contributed by atoms with Gasteiger partial charge >= 0.3 is 0 Å². The van der Waals surface area contributed by atoms with Crippen molar-refractivity contribution >= 4 is 0 Å². The van der Waals surface area contributed by atoms with Crippen LogP contribution < -0.4 is 10.6 Å². The molecule has 0 aliphatic rings. The minimum Gasteiger partial charge on any atom is -0.392 e. The van der Waals surface area contributed by atoms with Crippen LogP contribution in [0.3, 0.4) is 0 Å². The Bertz CT molecular complexity index is 47.8. The normalized spacial score (nSPS) is 9.75. The molecule has 0 rings (SSSR count). The van der Waals surface area contributed by atoms with Crippen molar-refractivity contribution in [1.29, 1.82) is 0 Å². The highest BCUT2D eigenvalue weighted by atomic mass is 16.3. The van der Waals surface area contributed by atoms with Gasteiger partial charge in [0.1, 0.15) is 0 Å². The summed E-state index contributed by atoms with van der Waals surface area (Å²) in [6, 6.07) is 0. The minimum atomic E-state index is -0.213. The highest BCUT2D eigenvalue weighted by Crippen LogP contribution is 1.69. The molecule has 3 heteroatoms. The van der Waals surface area contributed by atoms with Crippen molar-refractivity contribution in [3.8, 4) is 0 Å². The summed E-state index contributed by atoms with van der Waals surface area (Å²) in [5.41, 5.74) is 0. The molecule has 0 spiro atoms. The van der Waals surface area contributed by atoms with E-state index in [1.807, 2.05) is 14.1 Å². The Balaban J connectivity index is -0.0000000483. The van der Waals surface area contributed by atoms with Gasteiger partial charge in [0, 0.05) is 6.54 Å². The van der Waals surface area contributed by atoms with Crippen molar-refractivity contribution in [3.05, 3.63) is 0 Å². The smallest absolute Gasteiger partial charge is 0.0636 e.